The van der Waals surface area contributed by atoms with Crippen LogP contribution in [0.1, 0.15) is 24.5 Å². The number of sulfonamides is 1. The van der Waals surface area contributed by atoms with Gasteiger partial charge >= 0.3 is 0 Å². The van der Waals surface area contributed by atoms with Crippen LogP contribution in [0.25, 0.3) is 0 Å². The molecule has 0 spiro atoms. The van der Waals surface area contributed by atoms with E-state index in [1.807, 2.05) is 26.0 Å². The molecule has 1 atom stereocenters. The second-order valence-electron chi connectivity index (χ2n) is 4.38. The lowest BCUT2D eigenvalue weighted by atomic mass is 10.1. The van der Waals surface area contributed by atoms with Crippen molar-refractivity contribution in [1.29, 1.82) is 0 Å². The van der Waals surface area contributed by atoms with Gasteiger partial charge in [0.2, 0.25) is 10.0 Å². The third kappa shape index (κ3) is 3.90. The molecule has 3 N–H and O–H groups in total. The van der Waals surface area contributed by atoms with E-state index < -0.39 is 15.3 Å². The molecule has 0 bridgehead atoms. The van der Waals surface area contributed by atoms with E-state index >= 15 is 0 Å². The molecule has 0 aliphatic rings. The van der Waals surface area contributed by atoms with Gasteiger partial charge in [-0.3, -0.25) is 4.72 Å². The molecule has 0 radical (unpaired) electrons. The largest absolute Gasteiger partial charge is 0.392 e. The summed E-state index contributed by atoms with van der Waals surface area (Å²) in [5.41, 5.74) is 7.91. The Labute approximate surface area is 127 Å². The van der Waals surface area contributed by atoms with Gasteiger partial charge in [0.15, 0.2) is 0 Å². The van der Waals surface area contributed by atoms with Crippen LogP contribution in [0.3, 0.4) is 0 Å². The van der Waals surface area contributed by atoms with Crippen molar-refractivity contribution in [2.75, 3.05) is 4.72 Å². The van der Waals surface area contributed by atoms with Gasteiger partial charge in [-0.15, -0.1) is 0 Å². The molecule has 0 amide bonds. The quantitative estimate of drug-likeness (QED) is 0.787. The average molecular weight is 365 g/mol. The van der Waals surface area contributed by atoms with Gasteiger partial charge in [-0.25, -0.2) is 8.42 Å². The van der Waals surface area contributed by atoms with Gasteiger partial charge in [-0.05, 0) is 53.4 Å². The number of halogens is 1. The van der Waals surface area contributed by atoms with Gasteiger partial charge in [-0.1, -0.05) is 25.2 Å². The maximum absolute atomic E-state index is 12.3. The van der Waals surface area contributed by atoms with Crippen LogP contribution in [-0.4, -0.2) is 18.7 Å². The fourth-order valence-electron chi connectivity index (χ4n) is 1.83. The van der Waals surface area contributed by atoms with Crippen LogP contribution in [0.4, 0.5) is 5.69 Å². The second kappa shape index (κ2) is 6.19. The number of hydrogen-bond acceptors (Lipinski definition) is 3. The first-order valence-corrected chi connectivity index (χ1v) is 8.51. The highest BCUT2D eigenvalue weighted by Gasteiger charge is 2.27. The van der Waals surface area contributed by atoms with E-state index in [4.69, 9.17) is 18.0 Å². The number of hydrogen-bond donors (Lipinski definition) is 2. The fraction of sp³-hybridized carbons (Fsp3) is 0.417. The van der Waals surface area contributed by atoms with Crippen LogP contribution in [0.5, 0.6) is 0 Å². The Morgan fingerprint density at radius 2 is 2.05 bits per heavy atom. The molecule has 1 aromatic rings. The van der Waals surface area contributed by atoms with Gasteiger partial charge in [0.1, 0.15) is 5.25 Å². The number of rotatable bonds is 5. The normalized spacial score (nSPS) is 13.1. The molecule has 19 heavy (non-hydrogen) atoms. The van der Waals surface area contributed by atoms with E-state index in [-0.39, 0.29) is 4.99 Å². The highest BCUT2D eigenvalue weighted by molar-refractivity contribution is 9.10. The van der Waals surface area contributed by atoms with E-state index in [2.05, 4.69) is 20.7 Å². The molecule has 0 aliphatic carbocycles. The first kappa shape index (κ1) is 16.4. The summed E-state index contributed by atoms with van der Waals surface area (Å²) in [5, 5.41) is -0.866. The molecule has 0 aromatic heterocycles. The molecule has 106 valence electrons. The maximum atomic E-state index is 12.3. The van der Waals surface area contributed by atoms with Crippen molar-refractivity contribution < 1.29 is 8.42 Å². The summed E-state index contributed by atoms with van der Waals surface area (Å²) in [7, 11) is -3.63. The van der Waals surface area contributed by atoms with E-state index in [0.29, 0.717) is 16.6 Å². The number of nitrogens with one attached hydrogen (secondary N) is 1. The van der Waals surface area contributed by atoms with Crippen molar-refractivity contribution >= 4 is 48.8 Å². The van der Waals surface area contributed by atoms with Crippen molar-refractivity contribution in [1.82, 2.24) is 0 Å². The molecule has 4 nitrogen and oxygen atoms in total. The van der Waals surface area contributed by atoms with Crippen LogP contribution >= 0.6 is 28.1 Å². The number of thiocarbonyl (C=S) groups is 1. The minimum Gasteiger partial charge on any atom is -0.392 e. The minimum atomic E-state index is -3.63. The Bertz CT molecular complexity index is 577. The van der Waals surface area contributed by atoms with Gasteiger partial charge in [0.05, 0.1) is 10.7 Å². The lowest BCUT2D eigenvalue weighted by molar-refractivity contribution is 0.594. The zero-order valence-corrected chi connectivity index (χ0v) is 14.2. The maximum Gasteiger partial charge on any atom is 0.242 e. The molecule has 1 aromatic carbocycles. The van der Waals surface area contributed by atoms with Crippen molar-refractivity contribution in [2.24, 2.45) is 5.73 Å². The fourth-order valence-corrected chi connectivity index (χ4v) is 4.73. The topological polar surface area (TPSA) is 72.2 Å². The van der Waals surface area contributed by atoms with Crippen molar-refractivity contribution in [3.63, 3.8) is 0 Å². The first-order valence-electron chi connectivity index (χ1n) is 5.76. The number of nitrogens with two attached hydrogens (primary N) is 1. The molecule has 1 unspecified atom stereocenters. The Kier molecular flexibility index (Phi) is 5.34. The lowest BCUT2D eigenvalue weighted by Gasteiger charge is -2.18. The Hall–Kier alpha value is -0.660. The molecule has 0 saturated heterocycles. The summed E-state index contributed by atoms with van der Waals surface area (Å²) in [6.07, 6.45) is 0.340. The predicted molar refractivity (Wildman–Crippen MR) is 87.0 cm³/mol. The highest BCUT2D eigenvalue weighted by Crippen LogP contribution is 2.29. The monoisotopic (exact) mass is 364 g/mol. The van der Waals surface area contributed by atoms with Crippen molar-refractivity contribution in [3.05, 3.63) is 27.7 Å². The summed E-state index contributed by atoms with van der Waals surface area (Å²) in [6, 6.07) is 3.76. The Morgan fingerprint density at radius 1 is 1.47 bits per heavy atom. The van der Waals surface area contributed by atoms with E-state index in [1.54, 1.807) is 6.92 Å². The van der Waals surface area contributed by atoms with Crippen molar-refractivity contribution in [2.45, 2.75) is 32.4 Å². The van der Waals surface area contributed by atoms with Gasteiger partial charge in [-0.2, -0.15) is 0 Å². The lowest BCUT2D eigenvalue weighted by Crippen LogP contribution is -2.37. The number of aryl methyl sites for hydroxylation is 2. The summed E-state index contributed by atoms with van der Waals surface area (Å²) in [6.45, 7) is 5.53. The predicted octanol–water partition coefficient (Wildman–Crippen LogP) is 2.87. The molecule has 0 fully saturated rings. The molecule has 0 heterocycles. The van der Waals surface area contributed by atoms with Crippen LogP contribution in [0.15, 0.2) is 16.6 Å². The zero-order chi connectivity index (χ0) is 14.8. The molecule has 0 aliphatic heterocycles. The molecular weight excluding hydrogens is 348 g/mol. The van der Waals surface area contributed by atoms with Crippen molar-refractivity contribution in [3.8, 4) is 0 Å². The van der Waals surface area contributed by atoms with E-state index in [9.17, 15) is 8.42 Å². The Balaban J connectivity index is 3.19. The SMILES string of the molecule is CCC(C(N)=S)S(=O)(=O)Nc1c(C)cc(C)cc1Br. The highest BCUT2D eigenvalue weighted by atomic mass is 79.9. The number of benzene rings is 1. The zero-order valence-electron chi connectivity index (χ0n) is 11.0. The van der Waals surface area contributed by atoms with Crippen LogP contribution in [-0.2, 0) is 10.0 Å². The number of anilines is 1. The second-order valence-corrected chi connectivity index (χ2v) is 7.57. The average Bonchev–Trinajstić information content (AvgIpc) is 2.23. The summed E-state index contributed by atoms with van der Waals surface area (Å²) in [5.74, 6) is 0. The van der Waals surface area contributed by atoms with Gasteiger partial charge in [0, 0.05) is 4.47 Å². The van der Waals surface area contributed by atoms with E-state index in [0.717, 1.165) is 11.1 Å². The van der Waals surface area contributed by atoms with Crippen LogP contribution < -0.4 is 10.5 Å². The molecule has 1 rings (SSSR count). The molecule has 0 saturated carbocycles. The third-order valence-electron chi connectivity index (χ3n) is 2.74. The molecular formula is C12H17BrN2O2S2. The first-order chi connectivity index (χ1) is 8.69. The van der Waals surface area contributed by atoms with E-state index in [1.165, 1.54) is 0 Å². The van der Waals surface area contributed by atoms with Gasteiger partial charge in [0.25, 0.3) is 0 Å². The smallest absolute Gasteiger partial charge is 0.242 e. The van der Waals surface area contributed by atoms with Crippen LogP contribution in [0.2, 0.25) is 0 Å². The standard InChI is InChI=1S/C12H17BrN2O2S2/c1-4-10(12(14)18)19(16,17)15-11-8(3)5-7(2)6-9(11)13/h5-6,10,15H,4H2,1-3H3,(H2,14,18). The summed E-state index contributed by atoms with van der Waals surface area (Å²) in [4.78, 5) is -0.0177. The van der Waals surface area contributed by atoms with Gasteiger partial charge < -0.3 is 5.73 Å². The third-order valence-corrected chi connectivity index (χ3v) is 5.62. The Morgan fingerprint density at radius 3 is 2.47 bits per heavy atom. The van der Waals surface area contributed by atoms with Crippen LogP contribution in [0, 0.1) is 13.8 Å². The summed E-state index contributed by atoms with van der Waals surface area (Å²) < 4.78 is 27.8. The molecule has 7 heteroatoms. The minimum absolute atomic E-state index is 0.0177. The summed E-state index contributed by atoms with van der Waals surface area (Å²) >= 11 is 8.18.